The van der Waals surface area contributed by atoms with Crippen LogP contribution in [0.2, 0.25) is 0 Å². The minimum atomic E-state index is -0.535. The maximum Gasteiger partial charge on any atom is 0.282 e. The van der Waals surface area contributed by atoms with Crippen molar-refractivity contribution in [1.29, 1.82) is 0 Å². The molecule has 0 aromatic heterocycles. The van der Waals surface area contributed by atoms with Crippen LogP contribution in [0.5, 0.6) is 0 Å². The molecule has 1 N–H and O–H groups in total. The summed E-state index contributed by atoms with van der Waals surface area (Å²) in [5.74, 6) is -0.407. The second-order valence-corrected chi connectivity index (χ2v) is 5.04. The van der Waals surface area contributed by atoms with Gasteiger partial charge in [0.1, 0.15) is 5.56 Å². The van der Waals surface area contributed by atoms with E-state index in [2.05, 4.69) is 5.32 Å². The Labute approximate surface area is 129 Å². The molecule has 0 fully saturated rings. The minimum Gasteiger partial charge on any atom is -0.349 e. The number of hydrogen-bond acceptors (Lipinski definition) is 3. The molecule has 0 aliphatic rings. The van der Waals surface area contributed by atoms with Gasteiger partial charge in [0.15, 0.2) is 0 Å². The number of rotatable bonds is 6. The van der Waals surface area contributed by atoms with Crippen LogP contribution in [-0.4, -0.2) is 16.9 Å². The van der Waals surface area contributed by atoms with Crippen molar-refractivity contribution < 1.29 is 9.72 Å². The van der Waals surface area contributed by atoms with Crippen LogP contribution in [0.1, 0.15) is 29.3 Å². The number of nitro groups is 1. The van der Waals surface area contributed by atoms with Crippen LogP contribution >= 0.6 is 0 Å². The molecule has 2 aromatic carbocycles. The second kappa shape index (κ2) is 7.36. The average molecular weight is 298 g/mol. The summed E-state index contributed by atoms with van der Waals surface area (Å²) < 4.78 is 0. The highest BCUT2D eigenvalue weighted by molar-refractivity contribution is 5.98. The molecule has 2 aromatic rings. The molecule has 0 unspecified atom stereocenters. The van der Waals surface area contributed by atoms with Crippen LogP contribution in [0.15, 0.2) is 54.6 Å². The summed E-state index contributed by atoms with van der Waals surface area (Å²) in [6.45, 7) is 1.98. The van der Waals surface area contributed by atoms with Gasteiger partial charge in [0, 0.05) is 12.1 Å². The number of nitrogens with one attached hydrogen (secondary N) is 1. The number of nitrogens with zero attached hydrogens (tertiary/aromatic N) is 1. The number of carbonyl (C=O) groups is 1. The van der Waals surface area contributed by atoms with Crippen molar-refractivity contribution in [3.63, 3.8) is 0 Å². The molecular formula is C17H18N2O3. The van der Waals surface area contributed by atoms with Crippen LogP contribution in [0.3, 0.4) is 0 Å². The predicted octanol–water partition coefficient (Wildman–Crippen LogP) is 3.35. The Morgan fingerprint density at radius 1 is 1.14 bits per heavy atom. The Morgan fingerprint density at radius 3 is 2.41 bits per heavy atom. The molecule has 0 bridgehead atoms. The Balaban J connectivity index is 2.11. The lowest BCUT2D eigenvalue weighted by molar-refractivity contribution is -0.385. The van der Waals surface area contributed by atoms with E-state index in [0.29, 0.717) is 6.42 Å². The van der Waals surface area contributed by atoms with Gasteiger partial charge in [-0.1, -0.05) is 49.4 Å². The van der Waals surface area contributed by atoms with Gasteiger partial charge >= 0.3 is 0 Å². The molecule has 1 amide bonds. The monoisotopic (exact) mass is 298 g/mol. The summed E-state index contributed by atoms with van der Waals surface area (Å²) in [6, 6.07) is 15.8. The lowest BCUT2D eigenvalue weighted by Crippen LogP contribution is -2.36. The van der Waals surface area contributed by atoms with E-state index >= 15 is 0 Å². The van der Waals surface area contributed by atoms with E-state index in [-0.39, 0.29) is 17.3 Å². The Morgan fingerprint density at radius 2 is 1.77 bits per heavy atom. The first-order valence-corrected chi connectivity index (χ1v) is 7.20. The predicted molar refractivity (Wildman–Crippen MR) is 84.8 cm³/mol. The topological polar surface area (TPSA) is 72.2 Å². The summed E-state index contributed by atoms with van der Waals surface area (Å²) >= 11 is 0. The first kappa shape index (κ1) is 15.7. The summed E-state index contributed by atoms with van der Waals surface area (Å²) in [5, 5.41) is 13.9. The van der Waals surface area contributed by atoms with Gasteiger partial charge in [0.2, 0.25) is 0 Å². The summed E-state index contributed by atoms with van der Waals surface area (Å²) in [6.07, 6.45) is 1.45. The fourth-order valence-corrected chi connectivity index (χ4v) is 2.28. The van der Waals surface area contributed by atoms with Crippen LogP contribution in [0.4, 0.5) is 5.69 Å². The van der Waals surface area contributed by atoms with Crippen molar-refractivity contribution in [2.45, 2.75) is 25.8 Å². The SMILES string of the molecule is CC[C@H](Cc1ccccc1)NC(=O)c1ccccc1[N+](=O)[O-]. The van der Waals surface area contributed by atoms with Crippen molar-refractivity contribution in [3.8, 4) is 0 Å². The molecule has 2 rings (SSSR count). The highest BCUT2D eigenvalue weighted by Gasteiger charge is 2.21. The lowest BCUT2D eigenvalue weighted by Gasteiger charge is -2.17. The van der Waals surface area contributed by atoms with Crippen molar-refractivity contribution >= 4 is 11.6 Å². The standard InChI is InChI=1S/C17H18N2O3/c1-2-14(12-13-8-4-3-5-9-13)18-17(20)15-10-6-7-11-16(15)19(21)22/h3-11,14H,2,12H2,1H3,(H,18,20)/t14-/m1/s1. The zero-order valence-electron chi connectivity index (χ0n) is 12.4. The number of hydrogen-bond donors (Lipinski definition) is 1. The quantitative estimate of drug-likeness (QED) is 0.656. The molecule has 0 aliphatic heterocycles. The van der Waals surface area contributed by atoms with Crippen molar-refractivity contribution in [2.24, 2.45) is 0 Å². The van der Waals surface area contributed by atoms with Gasteiger partial charge < -0.3 is 5.32 Å². The number of para-hydroxylation sites is 1. The van der Waals surface area contributed by atoms with Gasteiger partial charge in [-0.25, -0.2) is 0 Å². The number of nitro benzene ring substituents is 1. The molecule has 1 atom stereocenters. The molecule has 5 nitrogen and oxygen atoms in total. The highest BCUT2D eigenvalue weighted by Crippen LogP contribution is 2.18. The third kappa shape index (κ3) is 3.91. The minimum absolute atomic E-state index is 0.0605. The van der Waals surface area contributed by atoms with E-state index in [0.717, 1.165) is 12.0 Å². The maximum atomic E-state index is 12.3. The van der Waals surface area contributed by atoms with E-state index in [9.17, 15) is 14.9 Å². The first-order chi connectivity index (χ1) is 10.6. The average Bonchev–Trinajstić information content (AvgIpc) is 2.55. The lowest BCUT2D eigenvalue weighted by atomic mass is 10.0. The third-order valence-corrected chi connectivity index (χ3v) is 3.50. The highest BCUT2D eigenvalue weighted by atomic mass is 16.6. The normalized spacial score (nSPS) is 11.7. The van der Waals surface area contributed by atoms with Crippen LogP contribution in [0, 0.1) is 10.1 Å². The molecule has 5 heteroatoms. The third-order valence-electron chi connectivity index (χ3n) is 3.50. The van der Waals surface area contributed by atoms with Gasteiger partial charge in [-0.05, 0) is 24.5 Å². The van der Waals surface area contributed by atoms with Crippen molar-refractivity contribution in [2.75, 3.05) is 0 Å². The molecule has 22 heavy (non-hydrogen) atoms. The van der Waals surface area contributed by atoms with Gasteiger partial charge in [-0.3, -0.25) is 14.9 Å². The van der Waals surface area contributed by atoms with Gasteiger partial charge in [0.25, 0.3) is 11.6 Å². The van der Waals surface area contributed by atoms with E-state index in [1.54, 1.807) is 12.1 Å². The second-order valence-electron chi connectivity index (χ2n) is 5.04. The Kier molecular flexibility index (Phi) is 5.25. The first-order valence-electron chi connectivity index (χ1n) is 7.20. The number of benzene rings is 2. The van der Waals surface area contributed by atoms with E-state index in [1.807, 2.05) is 37.3 Å². The molecule has 0 spiro atoms. The van der Waals surface area contributed by atoms with Crippen molar-refractivity contribution in [3.05, 3.63) is 75.8 Å². The van der Waals surface area contributed by atoms with Gasteiger partial charge in [0.05, 0.1) is 4.92 Å². The smallest absolute Gasteiger partial charge is 0.282 e. The Hall–Kier alpha value is -2.69. The molecule has 0 heterocycles. The van der Waals surface area contributed by atoms with Crippen LogP contribution in [0.25, 0.3) is 0 Å². The molecule has 0 radical (unpaired) electrons. The zero-order valence-corrected chi connectivity index (χ0v) is 12.4. The molecule has 0 saturated carbocycles. The number of amides is 1. The summed E-state index contributed by atoms with van der Waals surface area (Å²) in [7, 11) is 0. The van der Waals surface area contributed by atoms with Crippen LogP contribution in [-0.2, 0) is 6.42 Å². The molecule has 0 aliphatic carbocycles. The number of carbonyl (C=O) groups excluding carboxylic acids is 1. The molecule has 0 saturated heterocycles. The zero-order chi connectivity index (χ0) is 15.9. The van der Waals surface area contributed by atoms with Gasteiger partial charge in [-0.15, -0.1) is 0 Å². The van der Waals surface area contributed by atoms with Crippen molar-refractivity contribution in [1.82, 2.24) is 5.32 Å². The van der Waals surface area contributed by atoms with E-state index in [4.69, 9.17) is 0 Å². The Bertz CT molecular complexity index is 656. The van der Waals surface area contributed by atoms with E-state index < -0.39 is 10.8 Å². The fourth-order valence-electron chi connectivity index (χ4n) is 2.28. The maximum absolute atomic E-state index is 12.3. The fraction of sp³-hybridized carbons (Fsp3) is 0.235. The van der Waals surface area contributed by atoms with E-state index in [1.165, 1.54) is 12.1 Å². The summed E-state index contributed by atoms with van der Waals surface area (Å²) in [4.78, 5) is 22.8. The molecular weight excluding hydrogens is 280 g/mol. The van der Waals surface area contributed by atoms with Gasteiger partial charge in [-0.2, -0.15) is 0 Å². The largest absolute Gasteiger partial charge is 0.349 e. The molecule has 114 valence electrons. The van der Waals surface area contributed by atoms with Crippen LogP contribution < -0.4 is 5.32 Å². The summed E-state index contributed by atoms with van der Waals surface area (Å²) in [5.41, 5.74) is 1.05.